The van der Waals surface area contributed by atoms with Crippen molar-refractivity contribution in [1.82, 2.24) is 4.90 Å². The normalized spacial score (nSPS) is 31.9. The molecule has 0 spiro atoms. The topological polar surface area (TPSA) is 15.6 Å². The molecule has 0 aromatic carbocycles. The highest BCUT2D eigenvalue weighted by atomic mass is 15.2. The maximum absolute atomic E-state index is 4.14. The maximum atomic E-state index is 4.14. The van der Waals surface area contributed by atoms with E-state index in [4.69, 9.17) is 0 Å². The third-order valence-electron chi connectivity index (χ3n) is 1.73. The molecule has 3 rings (SSSR count). The number of hydrogen-bond donors (Lipinski definition) is 0. The van der Waals surface area contributed by atoms with Gasteiger partial charge in [0.1, 0.15) is 0 Å². The molecular weight excluding hydrogens is 100 g/mol. The van der Waals surface area contributed by atoms with Crippen LogP contribution in [0.5, 0.6) is 0 Å². The van der Waals surface area contributed by atoms with Gasteiger partial charge >= 0.3 is 0 Å². The Hall–Kier alpha value is -0.790. The Balaban J connectivity index is 2.30. The Morgan fingerprint density at radius 3 is 2.88 bits per heavy atom. The van der Waals surface area contributed by atoms with Gasteiger partial charge in [0.05, 0.1) is 12.4 Å². The van der Waals surface area contributed by atoms with Crippen LogP contribution < -0.4 is 0 Å². The van der Waals surface area contributed by atoms with E-state index in [2.05, 4.69) is 23.0 Å². The van der Waals surface area contributed by atoms with Gasteiger partial charge < -0.3 is 4.90 Å². The van der Waals surface area contributed by atoms with E-state index in [1.165, 1.54) is 5.70 Å². The van der Waals surface area contributed by atoms with Crippen LogP contribution in [0.15, 0.2) is 16.8 Å². The third kappa shape index (κ3) is 0.351. The van der Waals surface area contributed by atoms with Crippen molar-refractivity contribution in [3.8, 4) is 0 Å². The van der Waals surface area contributed by atoms with Gasteiger partial charge in [0.15, 0.2) is 0 Å². The van der Waals surface area contributed by atoms with Crippen LogP contribution in [0.4, 0.5) is 0 Å². The van der Waals surface area contributed by atoms with Crippen LogP contribution in [0.3, 0.4) is 0 Å². The summed E-state index contributed by atoms with van der Waals surface area (Å²) >= 11 is 0. The highest BCUT2D eigenvalue weighted by molar-refractivity contribution is 5.62. The number of fused-ring (bicyclic) bond motifs is 1. The fraction of sp³-hybridized carbons (Fsp3) is 0.500. The van der Waals surface area contributed by atoms with Crippen LogP contribution in [0.25, 0.3) is 0 Å². The van der Waals surface area contributed by atoms with Crippen molar-refractivity contribution in [2.24, 2.45) is 4.99 Å². The summed E-state index contributed by atoms with van der Waals surface area (Å²) in [5, 5.41) is 0. The molecule has 8 heavy (non-hydrogen) atoms. The number of rotatable bonds is 0. The molecule has 1 aliphatic carbocycles. The first-order valence-corrected chi connectivity index (χ1v) is 2.83. The Kier molecular flexibility index (Phi) is 0.583. The number of nitrogens with zero attached hydrogens (tertiary/aromatic N) is 2. The molecule has 42 valence electrons. The lowest BCUT2D eigenvalue weighted by atomic mass is 9.97. The fourth-order valence-electron chi connectivity index (χ4n) is 1.01. The predicted octanol–water partition coefficient (Wildman–Crippen LogP) is 0.616. The van der Waals surface area contributed by atoms with Gasteiger partial charge in [-0.3, -0.25) is 0 Å². The number of aliphatic imine (C=N–C) groups is 1. The second kappa shape index (κ2) is 1.13. The first kappa shape index (κ1) is 4.13. The van der Waals surface area contributed by atoms with Crippen molar-refractivity contribution in [1.29, 1.82) is 0 Å². The van der Waals surface area contributed by atoms with Crippen molar-refractivity contribution in [2.45, 2.75) is 12.5 Å². The Bertz CT molecular complexity index is 169. The zero-order valence-electron chi connectivity index (χ0n) is 4.83. The molecule has 2 heterocycles. The van der Waals surface area contributed by atoms with Crippen molar-refractivity contribution < 1.29 is 0 Å². The average molecular weight is 108 g/mol. The standard InChI is InChI=1S/C6H8N2/c1-8-4-7-5-2-6(8)3-5/h2,4,6H,3H2,1H3. The molecule has 1 unspecified atom stereocenters. The minimum absolute atomic E-state index is 0.669. The van der Waals surface area contributed by atoms with Crippen molar-refractivity contribution in [3.63, 3.8) is 0 Å². The summed E-state index contributed by atoms with van der Waals surface area (Å²) in [7, 11) is 2.06. The summed E-state index contributed by atoms with van der Waals surface area (Å²) in [5.74, 6) is 0. The summed E-state index contributed by atoms with van der Waals surface area (Å²) in [6, 6.07) is 0.669. The molecule has 0 aromatic heterocycles. The van der Waals surface area contributed by atoms with Crippen molar-refractivity contribution >= 4 is 6.34 Å². The van der Waals surface area contributed by atoms with Crippen LogP contribution in [-0.2, 0) is 0 Å². The molecule has 2 bridgehead atoms. The molecule has 0 radical (unpaired) electrons. The maximum Gasteiger partial charge on any atom is 0.0910 e. The van der Waals surface area contributed by atoms with Crippen LogP contribution >= 0.6 is 0 Å². The van der Waals surface area contributed by atoms with Gasteiger partial charge in [-0.05, 0) is 6.08 Å². The Morgan fingerprint density at radius 2 is 2.62 bits per heavy atom. The number of hydrogen-bond acceptors (Lipinski definition) is 2. The third-order valence-corrected chi connectivity index (χ3v) is 1.73. The molecule has 0 saturated carbocycles. The van der Waals surface area contributed by atoms with E-state index in [0.29, 0.717) is 6.04 Å². The largest absolute Gasteiger partial charge is 0.359 e. The highest BCUT2D eigenvalue weighted by Gasteiger charge is 2.24. The van der Waals surface area contributed by atoms with Gasteiger partial charge in [0.25, 0.3) is 0 Å². The summed E-state index contributed by atoms with van der Waals surface area (Å²) in [5.41, 5.74) is 1.26. The predicted molar refractivity (Wildman–Crippen MR) is 32.7 cm³/mol. The summed E-state index contributed by atoms with van der Waals surface area (Å²) in [6.07, 6.45) is 5.25. The zero-order chi connectivity index (χ0) is 5.56. The molecule has 3 aliphatic rings. The van der Waals surface area contributed by atoms with E-state index in [1.807, 2.05) is 6.34 Å². The SMILES string of the molecule is CN1C=NC2=CC1C2. The highest BCUT2D eigenvalue weighted by Crippen LogP contribution is 2.26. The van der Waals surface area contributed by atoms with E-state index >= 15 is 0 Å². The van der Waals surface area contributed by atoms with Gasteiger partial charge in [0.2, 0.25) is 0 Å². The molecule has 1 atom stereocenters. The molecule has 0 amide bonds. The lowest BCUT2D eigenvalue weighted by Crippen LogP contribution is -2.37. The van der Waals surface area contributed by atoms with Crippen LogP contribution in [0, 0.1) is 0 Å². The number of likely N-dealkylation sites (N-methyl/N-ethyl adjacent to an activating group) is 1. The van der Waals surface area contributed by atoms with Crippen molar-refractivity contribution in [3.05, 3.63) is 11.8 Å². The fourth-order valence-corrected chi connectivity index (χ4v) is 1.01. The lowest BCUT2D eigenvalue weighted by molar-refractivity contribution is 0.383. The minimum Gasteiger partial charge on any atom is -0.359 e. The Morgan fingerprint density at radius 1 is 1.88 bits per heavy atom. The van der Waals surface area contributed by atoms with Gasteiger partial charge in [-0.15, -0.1) is 0 Å². The second-order valence-corrected chi connectivity index (χ2v) is 2.34. The van der Waals surface area contributed by atoms with Crippen LogP contribution in [0.1, 0.15) is 6.42 Å². The summed E-state index contributed by atoms with van der Waals surface area (Å²) in [6.45, 7) is 0. The van der Waals surface area contributed by atoms with Gasteiger partial charge in [0, 0.05) is 19.2 Å². The van der Waals surface area contributed by atoms with E-state index in [1.54, 1.807) is 0 Å². The van der Waals surface area contributed by atoms with E-state index in [0.717, 1.165) is 6.42 Å². The first-order chi connectivity index (χ1) is 3.86. The second-order valence-electron chi connectivity index (χ2n) is 2.34. The van der Waals surface area contributed by atoms with Gasteiger partial charge in [-0.1, -0.05) is 0 Å². The molecular formula is C6H8N2. The van der Waals surface area contributed by atoms with Crippen LogP contribution in [-0.4, -0.2) is 24.3 Å². The monoisotopic (exact) mass is 108 g/mol. The van der Waals surface area contributed by atoms with E-state index < -0.39 is 0 Å². The molecule has 0 N–H and O–H groups in total. The Labute approximate surface area is 48.5 Å². The van der Waals surface area contributed by atoms with Gasteiger partial charge in [-0.25, -0.2) is 4.99 Å². The van der Waals surface area contributed by atoms with Gasteiger partial charge in [-0.2, -0.15) is 0 Å². The molecule has 0 aromatic rings. The molecule has 0 saturated heterocycles. The molecule has 2 aliphatic heterocycles. The van der Waals surface area contributed by atoms with E-state index in [-0.39, 0.29) is 0 Å². The quantitative estimate of drug-likeness (QED) is 0.444. The molecule has 2 heteroatoms. The molecule has 2 nitrogen and oxygen atoms in total. The van der Waals surface area contributed by atoms with Crippen molar-refractivity contribution in [2.75, 3.05) is 7.05 Å². The lowest BCUT2D eigenvalue weighted by Gasteiger charge is -2.34. The van der Waals surface area contributed by atoms with Crippen LogP contribution in [0.2, 0.25) is 0 Å². The minimum atomic E-state index is 0.669. The smallest absolute Gasteiger partial charge is 0.0910 e. The first-order valence-electron chi connectivity index (χ1n) is 2.83. The average Bonchev–Trinajstić information content (AvgIpc) is 1.62. The summed E-state index contributed by atoms with van der Waals surface area (Å²) < 4.78 is 0. The zero-order valence-corrected chi connectivity index (χ0v) is 4.83. The van der Waals surface area contributed by atoms with E-state index in [9.17, 15) is 0 Å². The molecule has 0 fully saturated rings. The summed E-state index contributed by atoms with van der Waals surface area (Å²) in [4.78, 5) is 6.27.